The van der Waals surface area contributed by atoms with Crippen LogP contribution in [0, 0.1) is 0 Å². The number of benzene rings is 1. The number of likely N-dealkylation sites (tertiary alicyclic amines) is 1. The minimum atomic E-state index is -4.46. The molecule has 0 saturated carbocycles. The topological polar surface area (TPSA) is 43.8 Å². The first kappa shape index (κ1) is 20.0. The van der Waals surface area contributed by atoms with Gasteiger partial charge in [-0.3, -0.25) is 14.6 Å². The Morgan fingerprint density at radius 1 is 1.36 bits per heavy atom. The highest BCUT2D eigenvalue weighted by Gasteiger charge is 2.33. The third-order valence-corrected chi connectivity index (χ3v) is 4.89. The molecule has 1 aromatic rings. The molecule has 1 saturated heterocycles. The lowest BCUT2D eigenvalue weighted by atomic mass is 10.0. The van der Waals surface area contributed by atoms with Crippen molar-refractivity contribution in [2.24, 2.45) is 0 Å². The number of hydrogen-bond acceptors (Lipinski definition) is 3. The van der Waals surface area contributed by atoms with Gasteiger partial charge in [-0.05, 0) is 50.2 Å². The van der Waals surface area contributed by atoms with Crippen LogP contribution in [0.3, 0.4) is 0 Å². The van der Waals surface area contributed by atoms with Crippen LogP contribution in [0.5, 0.6) is 0 Å². The molecule has 2 rings (SSSR count). The number of carboxylic acid groups (broad SMARTS) is 1. The van der Waals surface area contributed by atoms with Crippen LogP contribution in [0.15, 0.2) is 18.2 Å². The number of piperidine rings is 1. The first-order valence-corrected chi connectivity index (χ1v) is 8.62. The summed E-state index contributed by atoms with van der Waals surface area (Å²) in [6.45, 7) is 4.51. The number of likely N-dealkylation sites (N-methyl/N-ethyl adjacent to an activating group) is 1. The summed E-state index contributed by atoms with van der Waals surface area (Å²) in [5.74, 6) is -0.842. The fourth-order valence-electron chi connectivity index (χ4n) is 3.26. The molecule has 1 aromatic carbocycles. The fraction of sp³-hybridized carbons (Fsp3) is 0.588. The molecule has 1 fully saturated rings. The molecule has 1 aliphatic heterocycles. The Morgan fingerprint density at radius 2 is 2.00 bits per heavy atom. The van der Waals surface area contributed by atoms with Gasteiger partial charge in [0.05, 0.1) is 17.1 Å². The molecular formula is C17H22ClF3N2O2. The third-order valence-electron chi connectivity index (χ3n) is 4.56. The van der Waals surface area contributed by atoms with Crippen LogP contribution in [0.2, 0.25) is 5.02 Å². The van der Waals surface area contributed by atoms with E-state index in [2.05, 4.69) is 4.90 Å². The van der Waals surface area contributed by atoms with Gasteiger partial charge >= 0.3 is 12.1 Å². The lowest BCUT2D eigenvalue weighted by Gasteiger charge is -2.37. The van der Waals surface area contributed by atoms with E-state index in [9.17, 15) is 18.0 Å². The zero-order valence-corrected chi connectivity index (χ0v) is 14.8. The van der Waals surface area contributed by atoms with Crippen LogP contribution in [-0.2, 0) is 17.5 Å². The molecule has 0 bridgehead atoms. The molecule has 0 unspecified atom stereocenters. The Labute approximate surface area is 150 Å². The zero-order valence-electron chi connectivity index (χ0n) is 14.0. The minimum absolute atomic E-state index is 0.0211. The summed E-state index contributed by atoms with van der Waals surface area (Å²) < 4.78 is 38.8. The van der Waals surface area contributed by atoms with Gasteiger partial charge in [0.15, 0.2) is 0 Å². The molecule has 1 heterocycles. The Kier molecular flexibility index (Phi) is 6.71. The van der Waals surface area contributed by atoms with Crippen LogP contribution in [-0.4, -0.2) is 53.1 Å². The normalized spacial score (nSPS) is 17.2. The largest absolute Gasteiger partial charge is 0.480 e. The number of aliphatic carboxylic acids is 1. The molecule has 0 aliphatic carbocycles. The molecule has 140 valence electrons. The van der Waals surface area contributed by atoms with Gasteiger partial charge in [-0.15, -0.1) is 0 Å². The summed E-state index contributed by atoms with van der Waals surface area (Å²) in [4.78, 5) is 14.9. The molecule has 0 amide bonds. The van der Waals surface area contributed by atoms with Crippen molar-refractivity contribution in [2.45, 2.75) is 38.5 Å². The molecule has 0 aromatic heterocycles. The van der Waals surface area contributed by atoms with Crippen molar-refractivity contribution in [3.63, 3.8) is 0 Å². The second kappa shape index (κ2) is 8.38. The van der Waals surface area contributed by atoms with Crippen molar-refractivity contribution >= 4 is 17.6 Å². The Hall–Kier alpha value is -1.31. The fourth-order valence-corrected chi connectivity index (χ4v) is 3.49. The van der Waals surface area contributed by atoms with E-state index in [0.29, 0.717) is 18.7 Å². The van der Waals surface area contributed by atoms with Crippen molar-refractivity contribution in [3.8, 4) is 0 Å². The Bertz CT molecular complexity index is 602. The number of carbonyl (C=O) groups is 1. The van der Waals surface area contributed by atoms with Gasteiger partial charge in [-0.1, -0.05) is 24.6 Å². The molecule has 8 heteroatoms. The number of carboxylic acids is 1. The number of rotatable bonds is 6. The summed E-state index contributed by atoms with van der Waals surface area (Å²) in [7, 11) is 0. The van der Waals surface area contributed by atoms with Gasteiger partial charge in [-0.2, -0.15) is 13.2 Å². The number of nitrogens with zero attached hydrogens (tertiary/aromatic N) is 2. The summed E-state index contributed by atoms with van der Waals surface area (Å²) in [6.07, 6.45) is -2.85. The van der Waals surface area contributed by atoms with E-state index in [1.54, 1.807) is 6.07 Å². The van der Waals surface area contributed by atoms with Gasteiger partial charge in [0.25, 0.3) is 0 Å². The Balaban J connectivity index is 1.95. The van der Waals surface area contributed by atoms with Crippen molar-refractivity contribution in [2.75, 3.05) is 26.2 Å². The lowest BCUT2D eigenvalue weighted by molar-refractivity contribution is -0.139. The van der Waals surface area contributed by atoms with Crippen LogP contribution in [0.1, 0.15) is 30.9 Å². The maximum atomic E-state index is 12.9. The SMILES string of the molecule is CCN(CC(=O)O)C1CCN(Cc2ccc(Cl)c(C(F)(F)F)c2)CC1. The van der Waals surface area contributed by atoms with Gasteiger partial charge in [0, 0.05) is 12.6 Å². The van der Waals surface area contributed by atoms with Crippen LogP contribution < -0.4 is 0 Å². The first-order chi connectivity index (χ1) is 11.7. The first-order valence-electron chi connectivity index (χ1n) is 8.24. The molecule has 1 N–H and O–H groups in total. The predicted octanol–water partition coefficient (Wildman–Crippen LogP) is 3.73. The van der Waals surface area contributed by atoms with Crippen LogP contribution >= 0.6 is 11.6 Å². The molecule has 4 nitrogen and oxygen atoms in total. The zero-order chi connectivity index (χ0) is 18.6. The van der Waals surface area contributed by atoms with Gasteiger partial charge in [0.1, 0.15) is 0 Å². The quantitative estimate of drug-likeness (QED) is 0.819. The van der Waals surface area contributed by atoms with E-state index >= 15 is 0 Å². The lowest BCUT2D eigenvalue weighted by Crippen LogP contribution is -2.46. The molecule has 0 atom stereocenters. The smallest absolute Gasteiger partial charge is 0.417 e. The van der Waals surface area contributed by atoms with Crippen LogP contribution in [0.25, 0.3) is 0 Å². The van der Waals surface area contributed by atoms with Crippen molar-refractivity contribution in [1.29, 1.82) is 0 Å². The highest BCUT2D eigenvalue weighted by molar-refractivity contribution is 6.31. The second-order valence-electron chi connectivity index (χ2n) is 6.28. The maximum Gasteiger partial charge on any atom is 0.417 e. The maximum absolute atomic E-state index is 12.9. The number of halogens is 4. The number of alkyl halides is 3. The molecule has 25 heavy (non-hydrogen) atoms. The monoisotopic (exact) mass is 378 g/mol. The highest BCUT2D eigenvalue weighted by Crippen LogP contribution is 2.35. The summed E-state index contributed by atoms with van der Waals surface area (Å²) in [5, 5.41) is 8.66. The van der Waals surface area contributed by atoms with E-state index in [4.69, 9.17) is 16.7 Å². The van der Waals surface area contributed by atoms with Gasteiger partial charge in [0.2, 0.25) is 0 Å². The molecule has 0 radical (unpaired) electrons. The Morgan fingerprint density at radius 3 is 2.52 bits per heavy atom. The minimum Gasteiger partial charge on any atom is -0.480 e. The van der Waals surface area contributed by atoms with E-state index in [-0.39, 0.29) is 17.6 Å². The summed E-state index contributed by atoms with van der Waals surface area (Å²) in [5.41, 5.74) is -0.228. The van der Waals surface area contributed by atoms with Crippen molar-refractivity contribution in [1.82, 2.24) is 9.80 Å². The third kappa shape index (κ3) is 5.59. The van der Waals surface area contributed by atoms with Gasteiger partial charge < -0.3 is 5.11 Å². The van der Waals surface area contributed by atoms with Crippen molar-refractivity contribution < 1.29 is 23.1 Å². The number of hydrogen-bond donors (Lipinski definition) is 1. The standard InChI is InChI=1S/C17H22ClF3N2O2/c1-2-23(11-16(24)25)13-5-7-22(8-6-13)10-12-3-4-15(18)14(9-12)17(19,20)21/h3-4,9,13H,2,5-8,10-11H2,1H3,(H,24,25). The van der Waals surface area contributed by atoms with E-state index in [1.165, 1.54) is 6.07 Å². The molecule has 0 spiro atoms. The summed E-state index contributed by atoms with van der Waals surface area (Å²) in [6, 6.07) is 4.22. The molecular weight excluding hydrogens is 357 g/mol. The van der Waals surface area contributed by atoms with Gasteiger partial charge in [-0.25, -0.2) is 0 Å². The van der Waals surface area contributed by atoms with Crippen molar-refractivity contribution in [3.05, 3.63) is 34.3 Å². The van der Waals surface area contributed by atoms with E-state index in [1.807, 2.05) is 11.8 Å². The average molecular weight is 379 g/mol. The average Bonchev–Trinajstić information content (AvgIpc) is 2.54. The predicted molar refractivity (Wildman–Crippen MR) is 89.6 cm³/mol. The van der Waals surface area contributed by atoms with E-state index < -0.39 is 17.7 Å². The van der Waals surface area contributed by atoms with E-state index in [0.717, 1.165) is 32.0 Å². The summed E-state index contributed by atoms with van der Waals surface area (Å²) >= 11 is 5.65. The highest BCUT2D eigenvalue weighted by atomic mass is 35.5. The second-order valence-corrected chi connectivity index (χ2v) is 6.68. The van der Waals surface area contributed by atoms with Crippen LogP contribution in [0.4, 0.5) is 13.2 Å². The molecule has 1 aliphatic rings.